The van der Waals surface area contributed by atoms with Gasteiger partial charge in [0.15, 0.2) is 0 Å². The van der Waals surface area contributed by atoms with Gasteiger partial charge in [0.1, 0.15) is 5.75 Å². The molecule has 2 aromatic carbocycles. The van der Waals surface area contributed by atoms with E-state index in [0.29, 0.717) is 18.0 Å². The van der Waals surface area contributed by atoms with E-state index >= 15 is 0 Å². The maximum Gasteiger partial charge on any atom is 0.261 e. The smallest absolute Gasteiger partial charge is 0.261 e. The fraction of sp³-hybridized carbons (Fsp3) is 0.368. The largest absolute Gasteiger partial charge is 0.494 e. The summed E-state index contributed by atoms with van der Waals surface area (Å²) >= 11 is 0. The first kappa shape index (κ1) is 16.8. The first-order chi connectivity index (χ1) is 11.6. The summed E-state index contributed by atoms with van der Waals surface area (Å²) in [5.41, 5.74) is 3.19. The van der Waals surface area contributed by atoms with Crippen molar-refractivity contribution in [1.29, 1.82) is 0 Å². The molecule has 0 aliphatic heterocycles. The van der Waals surface area contributed by atoms with Gasteiger partial charge in [0.05, 0.1) is 11.5 Å². The van der Waals surface area contributed by atoms with E-state index in [2.05, 4.69) is 11.6 Å². The fourth-order valence-corrected chi connectivity index (χ4v) is 3.95. The zero-order valence-electron chi connectivity index (χ0n) is 13.9. The third kappa shape index (κ3) is 3.90. The summed E-state index contributed by atoms with van der Waals surface area (Å²) in [6.07, 6.45) is 5.30. The van der Waals surface area contributed by atoms with Gasteiger partial charge in [-0.15, -0.1) is 0 Å². The average molecular weight is 345 g/mol. The third-order valence-corrected chi connectivity index (χ3v) is 5.65. The number of sulfonamides is 1. The number of ether oxygens (including phenoxy) is 1. The van der Waals surface area contributed by atoms with Crippen molar-refractivity contribution in [3.05, 3.63) is 53.6 Å². The number of benzene rings is 2. The van der Waals surface area contributed by atoms with Gasteiger partial charge in [-0.2, -0.15) is 0 Å². The molecule has 0 atom stereocenters. The third-order valence-electron chi connectivity index (χ3n) is 4.25. The van der Waals surface area contributed by atoms with Crippen molar-refractivity contribution in [3.63, 3.8) is 0 Å². The summed E-state index contributed by atoms with van der Waals surface area (Å²) in [5.74, 6) is 0.694. The summed E-state index contributed by atoms with van der Waals surface area (Å²) in [4.78, 5) is 0.242. The highest BCUT2D eigenvalue weighted by atomic mass is 32.2. The van der Waals surface area contributed by atoms with Crippen LogP contribution in [-0.4, -0.2) is 15.0 Å². The second-order valence-corrected chi connectivity index (χ2v) is 7.80. The summed E-state index contributed by atoms with van der Waals surface area (Å²) in [5, 5.41) is 0. The molecule has 128 valence electrons. The molecule has 0 spiro atoms. The molecule has 2 aromatic rings. The van der Waals surface area contributed by atoms with Crippen LogP contribution < -0.4 is 9.46 Å². The van der Waals surface area contributed by atoms with Gasteiger partial charge in [0.25, 0.3) is 10.0 Å². The highest BCUT2D eigenvalue weighted by Gasteiger charge is 2.16. The van der Waals surface area contributed by atoms with Crippen LogP contribution in [0.1, 0.15) is 37.3 Å². The number of aryl methyl sites for hydroxylation is 2. The van der Waals surface area contributed by atoms with E-state index in [4.69, 9.17) is 4.74 Å². The zero-order chi connectivity index (χ0) is 17.0. The van der Waals surface area contributed by atoms with E-state index < -0.39 is 10.0 Å². The van der Waals surface area contributed by atoms with Gasteiger partial charge in [-0.3, -0.25) is 4.72 Å². The molecule has 0 aromatic heterocycles. The van der Waals surface area contributed by atoms with Crippen molar-refractivity contribution in [2.45, 2.75) is 43.9 Å². The molecule has 0 radical (unpaired) electrons. The number of unbranched alkanes of at least 4 members (excludes halogenated alkanes) is 1. The molecule has 24 heavy (non-hydrogen) atoms. The minimum absolute atomic E-state index is 0.242. The second-order valence-electron chi connectivity index (χ2n) is 6.12. The average Bonchev–Trinajstić information content (AvgIpc) is 3.03. The van der Waals surface area contributed by atoms with Crippen LogP contribution in [0.15, 0.2) is 47.4 Å². The van der Waals surface area contributed by atoms with Crippen LogP contribution in [0.4, 0.5) is 5.69 Å². The van der Waals surface area contributed by atoms with Crippen LogP contribution in [0.5, 0.6) is 5.75 Å². The molecule has 3 rings (SSSR count). The lowest BCUT2D eigenvalue weighted by atomic mass is 10.1. The van der Waals surface area contributed by atoms with Gasteiger partial charge in [-0.05, 0) is 73.2 Å². The van der Waals surface area contributed by atoms with Gasteiger partial charge in [-0.1, -0.05) is 19.4 Å². The summed E-state index contributed by atoms with van der Waals surface area (Å²) in [6, 6.07) is 12.4. The SMILES string of the molecule is CCCCOc1ccc(S(=O)(=O)Nc2ccc3c(c2)CCC3)cc1. The normalized spacial score (nSPS) is 13.5. The van der Waals surface area contributed by atoms with Crippen molar-refractivity contribution in [2.75, 3.05) is 11.3 Å². The number of hydrogen-bond acceptors (Lipinski definition) is 3. The molecule has 0 saturated heterocycles. The highest BCUT2D eigenvalue weighted by molar-refractivity contribution is 7.92. The zero-order valence-corrected chi connectivity index (χ0v) is 14.7. The first-order valence-corrected chi connectivity index (χ1v) is 9.94. The van der Waals surface area contributed by atoms with E-state index in [1.165, 1.54) is 11.1 Å². The van der Waals surface area contributed by atoms with Crippen LogP contribution >= 0.6 is 0 Å². The predicted octanol–water partition coefficient (Wildman–Crippen LogP) is 4.16. The molecule has 0 bridgehead atoms. The molecule has 0 amide bonds. The highest BCUT2D eigenvalue weighted by Crippen LogP contribution is 2.26. The predicted molar refractivity (Wildman–Crippen MR) is 96.1 cm³/mol. The number of fused-ring (bicyclic) bond motifs is 1. The number of anilines is 1. The van der Waals surface area contributed by atoms with Gasteiger partial charge in [0.2, 0.25) is 0 Å². The molecule has 0 heterocycles. The Morgan fingerprint density at radius 1 is 1.04 bits per heavy atom. The van der Waals surface area contributed by atoms with Crippen LogP contribution in [-0.2, 0) is 22.9 Å². The number of rotatable bonds is 7. The van der Waals surface area contributed by atoms with Gasteiger partial charge < -0.3 is 4.74 Å². The molecule has 1 aliphatic rings. The van der Waals surface area contributed by atoms with E-state index in [-0.39, 0.29) is 4.90 Å². The van der Waals surface area contributed by atoms with Gasteiger partial charge in [-0.25, -0.2) is 8.42 Å². The summed E-state index contributed by atoms with van der Waals surface area (Å²) < 4.78 is 33.3. The van der Waals surface area contributed by atoms with E-state index in [9.17, 15) is 8.42 Å². The lowest BCUT2D eigenvalue weighted by Crippen LogP contribution is -2.13. The Balaban J connectivity index is 1.71. The topological polar surface area (TPSA) is 55.4 Å². The minimum Gasteiger partial charge on any atom is -0.494 e. The number of nitrogens with one attached hydrogen (secondary N) is 1. The lowest BCUT2D eigenvalue weighted by Gasteiger charge is -2.11. The molecule has 1 aliphatic carbocycles. The van der Waals surface area contributed by atoms with E-state index in [0.717, 1.165) is 32.1 Å². The molecule has 0 fully saturated rings. The molecular formula is C19H23NO3S. The Bertz CT molecular complexity index is 798. The van der Waals surface area contributed by atoms with Crippen LogP contribution in [0, 0.1) is 0 Å². The first-order valence-electron chi connectivity index (χ1n) is 8.46. The Kier molecular flexibility index (Phi) is 5.09. The summed E-state index contributed by atoms with van der Waals surface area (Å²) in [7, 11) is -3.58. The second kappa shape index (κ2) is 7.26. The maximum atomic E-state index is 12.5. The minimum atomic E-state index is -3.58. The quantitative estimate of drug-likeness (QED) is 0.767. The number of hydrogen-bond donors (Lipinski definition) is 1. The fourth-order valence-electron chi connectivity index (χ4n) is 2.90. The van der Waals surface area contributed by atoms with Crippen LogP contribution in [0.3, 0.4) is 0 Å². The standard InChI is InChI=1S/C19H23NO3S/c1-2-3-13-23-18-9-11-19(12-10-18)24(21,22)20-17-8-7-15-5-4-6-16(15)14-17/h7-12,14,20H,2-6,13H2,1H3. The van der Waals surface area contributed by atoms with Crippen LogP contribution in [0.2, 0.25) is 0 Å². The Hall–Kier alpha value is -2.01. The van der Waals surface area contributed by atoms with Crippen molar-refractivity contribution in [2.24, 2.45) is 0 Å². The van der Waals surface area contributed by atoms with Crippen LogP contribution in [0.25, 0.3) is 0 Å². The van der Waals surface area contributed by atoms with Crippen molar-refractivity contribution >= 4 is 15.7 Å². The van der Waals surface area contributed by atoms with E-state index in [1.54, 1.807) is 24.3 Å². The molecule has 5 heteroatoms. The lowest BCUT2D eigenvalue weighted by molar-refractivity contribution is 0.309. The molecule has 0 saturated carbocycles. The van der Waals surface area contributed by atoms with Crippen molar-refractivity contribution in [3.8, 4) is 5.75 Å². The van der Waals surface area contributed by atoms with Crippen molar-refractivity contribution < 1.29 is 13.2 Å². The molecule has 0 unspecified atom stereocenters. The molecule has 1 N–H and O–H groups in total. The molecular weight excluding hydrogens is 322 g/mol. The molecule has 4 nitrogen and oxygen atoms in total. The van der Waals surface area contributed by atoms with Gasteiger partial charge in [0, 0.05) is 5.69 Å². The van der Waals surface area contributed by atoms with Gasteiger partial charge >= 0.3 is 0 Å². The van der Waals surface area contributed by atoms with Crippen molar-refractivity contribution in [1.82, 2.24) is 0 Å². The Morgan fingerprint density at radius 2 is 1.79 bits per heavy atom. The summed E-state index contributed by atoms with van der Waals surface area (Å²) in [6.45, 7) is 2.75. The monoisotopic (exact) mass is 345 g/mol. The maximum absolute atomic E-state index is 12.5. The Morgan fingerprint density at radius 3 is 2.54 bits per heavy atom. The Labute approximate surface area is 143 Å². The van der Waals surface area contributed by atoms with E-state index in [1.807, 2.05) is 18.2 Å².